The highest BCUT2D eigenvalue weighted by molar-refractivity contribution is 5.93. The molecule has 1 saturated heterocycles. The van der Waals surface area contributed by atoms with Gasteiger partial charge in [0, 0.05) is 38.8 Å². The van der Waals surface area contributed by atoms with Gasteiger partial charge >= 0.3 is 0 Å². The van der Waals surface area contributed by atoms with Gasteiger partial charge in [-0.05, 0) is 57.0 Å². The molecule has 1 amide bonds. The largest absolute Gasteiger partial charge is 0.357 e. The molecule has 0 spiro atoms. The van der Waals surface area contributed by atoms with Gasteiger partial charge in [0.15, 0.2) is 5.96 Å². The van der Waals surface area contributed by atoms with E-state index in [1.165, 1.54) is 45.2 Å². The predicted octanol–water partition coefficient (Wildman–Crippen LogP) is 3.10. The summed E-state index contributed by atoms with van der Waals surface area (Å²) in [7, 11) is 3.54. The summed E-state index contributed by atoms with van der Waals surface area (Å²) in [6.45, 7) is 9.14. The molecular weight excluding hydrogens is 362 g/mol. The molecule has 0 saturated carbocycles. The van der Waals surface area contributed by atoms with Crippen molar-refractivity contribution in [3.05, 3.63) is 35.4 Å². The van der Waals surface area contributed by atoms with Crippen LogP contribution in [0.25, 0.3) is 0 Å². The van der Waals surface area contributed by atoms with E-state index < -0.39 is 0 Å². The molecule has 1 aromatic rings. The highest BCUT2D eigenvalue weighted by Gasteiger charge is 2.21. The monoisotopic (exact) mass is 401 g/mol. The van der Waals surface area contributed by atoms with Gasteiger partial charge in [0.05, 0.1) is 6.54 Å². The van der Waals surface area contributed by atoms with E-state index in [9.17, 15) is 4.79 Å². The molecule has 29 heavy (non-hydrogen) atoms. The van der Waals surface area contributed by atoms with E-state index in [0.29, 0.717) is 18.2 Å². The lowest BCUT2D eigenvalue weighted by molar-refractivity contribution is 0.0827. The number of guanidine groups is 1. The van der Waals surface area contributed by atoms with E-state index in [2.05, 4.69) is 29.4 Å². The predicted molar refractivity (Wildman–Crippen MR) is 121 cm³/mol. The molecule has 2 N–H and O–H groups in total. The first-order valence-electron chi connectivity index (χ1n) is 11.1. The SMILES string of the molecule is CCCCN1CCCCC1CNC(=NCc1ccc(C(=O)N(C)C)cc1)NCC. The zero-order valence-corrected chi connectivity index (χ0v) is 18.7. The number of likely N-dealkylation sites (tertiary alicyclic amines) is 1. The summed E-state index contributed by atoms with van der Waals surface area (Å²) >= 11 is 0. The van der Waals surface area contributed by atoms with Crippen molar-refractivity contribution in [3.8, 4) is 0 Å². The molecule has 1 heterocycles. The number of piperidine rings is 1. The number of unbranched alkanes of at least 4 members (excludes halogenated alkanes) is 1. The number of aliphatic imine (C=N–C) groups is 1. The molecule has 6 heteroatoms. The molecule has 0 aliphatic carbocycles. The normalized spacial score (nSPS) is 17.8. The molecule has 162 valence electrons. The number of benzene rings is 1. The van der Waals surface area contributed by atoms with Gasteiger partial charge in [-0.3, -0.25) is 9.69 Å². The number of nitrogens with zero attached hydrogens (tertiary/aromatic N) is 3. The van der Waals surface area contributed by atoms with Crippen molar-refractivity contribution < 1.29 is 4.79 Å². The lowest BCUT2D eigenvalue weighted by Crippen LogP contribution is -2.49. The van der Waals surface area contributed by atoms with Crippen molar-refractivity contribution in [1.82, 2.24) is 20.4 Å². The first-order valence-corrected chi connectivity index (χ1v) is 11.1. The second kappa shape index (κ2) is 12.5. The number of hydrogen-bond donors (Lipinski definition) is 2. The summed E-state index contributed by atoms with van der Waals surface area (Å²) in [5, 5.41) is 6.90. The van der Waals surface area contributed by atoms with E-state index in [1.807, 2.05) is 24.3 Å². The van der Waals surface area contributed by atoms with Crippen LogP contribution in [0.15, 0.2) is 29.3 Å². The van der Waals surface area contributed by atoms with Crippen LogP contribution in [0.3, 0.4) is 0 Å². The van der Waals surface area contributed by atoms with Gasteiger partial charge in [0.2, 0.25) is 0 Å². The molecule has 1 aliphatic rings. The van der Waals surface area contributed by atoms with Crippen molar-refractivity contribution >= 4 is 11.9 Å². The van der Waals surface area contributed by atoms with Gasteiger partial charge < -0.3 is 15.5 Å². The lowest BCUT2D eigenvalue weighted by Gasteiger charge is -2.36. The highest BCUT2D eigenvalue weighted by Crippen LogP contribution is 2.17. The first-order chi connectivity index (χ1) is 14.0. The van der Waals surface area contributed by atoms with Crippen LogP contribution in [0.2, 0.25) is 0 Å². The van der Waals surface area contributed by atoms with Crippen LogP contribution in [0, 0.1) is 0 Å². The molecule has 6 nitrogen and oxygen atoms in total. The van der Waals surface area contributed by atoms with Crippen molar-refractivity contribution in [2.24, 2.45) is 4.99 Å². The third kappa shape index (κ3) is 7.69. The van der Waals surface area contributed by atoms with Gasteiger partial charge in [-0.2, -0.15) is 0 Å². The van der Waals surface area contributed by atoms with Crippen LogP contribution >= 0.6 is 0 Å². The van der Waals surface area contributed by atoms with Gasteiger partial charge in [0.1, 0.15) is 0 Å². The minimum Gasteiger partial charge on any atom is -0.357 e. The van der Waals surface area contributed by atoms with Crippen molar-refractivity contribution in [2.75, 3.05) is 40.3 Å². The zero-order chi connectivity index (χ0) is 21.1. The number of amides is 1. The Morgan fingerprint density at radius 2 is 1.93 bits per heavy atom. The minimum absolute atomic E-state index is 0.0233. The molecule has 0 bridgehead atoms. The Morgan fingerprint density at radius 1 is 1.17 bits per heavy atom. The Bertz CT molecular complexity index is 641. The van der Waals surface area contributed by atoms with E-state index in [1.54, 1.807) is 19.0 Å². The highest BCUT2D eigenvalue weighted by atomic mass is 16.2. The topological polar surface area (TPSA) is 60.0 Å². The third-order valence-electron chi connectivity index (χ3n) is 5.42. The van der Waals surface area contributed by atoms with Crippen LogP contribution in [0.4, 0.5) is 0 Å². The maximum atomic E-state index is 12.0. The summed E-state index contributed by atoms with van der Waals surface area (Å²) in [5.41, 5.74) is 1.80. The summed E-state index contributed by atoms with van der Waals surface area (Å²) in [6.07, 6.45) is 6.43. The van der Waals surface area contributed by atoms with Gasteiger partial charge in [-0.1, -0.05) is 31.9 Å². The van der Waals surface area contributed by atoms with E-state index in [0.717, 1.165) is 24.6 Å². The van der Waals surface area contributed by atoms with E-state index in [4.69, 9.17) is 4.99 Å². The fraction of sp³-hybridized carbons (Fsp3) is 0.652. The first kappa shape index (κ1) is 23.2. The summed E-state index contributed by atoms with van der Waals surface area (Å²) in [5.74, 6) is 0.886. The van der Waals surface area contributed by atoms with Crippen LogP contribution in [0.5, 0.6) is 0 Å². The van der Waals surface area contributed by atoms with E-state index >= 15 is 0 Å². The fourth-order valence-corrected chi connectivity index (χ4v) is 3.68. The quantitative estimate of drug-likeness (QED) is 0.493. The van der Waals surface area contributed by atoms with Crippen LogP contribution in [-0.2, 0) is 6.54 Å². The van der Waals surface area contributed by atoms with Gasteiger partial charge in [-0.25, -0.2) is 4.99 Å². The molecule has 2 rings (SSSR count). The van der Waals surface area contributed by atoms with Crippen LogP contribution in [0.1, 0.15) is 61.9 Å². The standard InChI is InChI=1S/C23H39N5O/c1-5-7-15-28-16-9-8-10-21(28)18-26-23(24-6-2)25-17-19-11-13-20(14-12-19)22(29)27(3)4/h11-14,21H,5-10,15-18H2,1-4H3,(H2,24,25,26). The summed E-state index contributed by atoms with van der Waals surface area (Å²) in [6, 6.07) is 8.31. The maximum Gasteiger partial charge on any atom is 0.253 e. The second-order valence-electron chi connectivity index (χ2n) is 8.01. The number of nitrogens with one attached hydrogen (secondary N) is 2. The van der Waals surface area contributed by atoms with Crippen molar-refractivity contribution in [3.63, 3.8) is 0 Å². The summed E-state index contributed by atoms with van der Waals surface area (Å²) < 4.78 is 0. The van der Waals surface area contributed by atoms with Crippen molar-refractivity contribution in [1.29, 1.82) is 0 Å². The Kier molecular flexibility index (Phi) is 9.98. The Morgan fingerprint density at radius 3 is 2.59 bits per heavy atom. The molecule has 1 fully saturated rings. The van der Waals surface area contributed by atoms with Crippen molar-refractivity contribution in [2.45, 2.75) is 58.5 Å². The molecule has 1 aromatic carbocycles. The minimum atomic E-state index is 0.0233. The average Bonchev–Trinajstić information content (AvgIpc) is 2.74. The Balaban J connectivity index is 1.92. The molecular formula is C23H39N5O. The van der Waals surface area contributed by atoms with Crippen LogP contribution < -0.4 is 10.6 Å². The third-order valence-corrected chi connectivity index (χ3v) is 5.42. The fourth-order valence-electron chi connectivity index (χ4n) is 3.68. The van der Waals surface area contributed by atoms with Gasteiger partial charge in [0.25, 0.3) is 5.91 Å². The average molecular weight is 402 g/mol. The number of carbonyl (C=O) groups excluding carboxylic acids is 1. The lowest BCUT2D eigenvalue weighted by atomic mass is 10.0. The van der Waals surface area contributed by atoms with E-state index in [-0.39, 0.29) is 5.91 Å². The van der Waals surface area contributed by atoms with Gasteiger partial charge in [-0.15, -0.1) is 0 Å². The number of rotatable bonds is 9. The van der Waals surface area contributed by atoms with Crippen LogP contribution in [-0.4, -0.2) is 68.0 Å². The number of hydrogen-bond acceptors (Lipinski definition) is 3. The Labute approximate surface area is 176 Å². The summed E-state index contributed by atoms with van der Waals surface area (Å²) in [4.78, 5) is 21.0. The molecule has 1 aliphatic heterocycles. The molecule has 1 unspecified atom stereocenters. The zero-order valence-electron chi connectivity index (χ0n) is 18.7. The molecule has 0 radical (unpaired) electrons. The second-order valence-corrected chi connectivity index (χ2v) is 8.01. The maximum absolute atomic E-state index is 12.0. The Hall–Kier alpha value is -2.08. The molecule has 0 aromatic heterocycles. The smallest absolute Gasteiger partial charge is 0.253 e. The number of carbonyl (C=O) groups is 1. The molecule has 1 atom stereocenters.